The van der Waals surface area contributed by atoms with Gasteiger partial charge in [0.05, 0.1) is 57.2 Å². The van der Waals surface area contributed by atoms with Gasteiger partial charge in [-0.05, 0) is 19.9 Å². The smallest absolute Gasteiger partial charge is 0.336 e. The van der Waals surface area contributed by atoms with Crippen molar-refractivity contribution in [1.29, 1.82) is 0 Å². The van der Waals surface area contributed by atoms with Crippen molar-refractivity contribution in [2.45, 2.75) is 80.7 Å². The van der Waals surface area contributed by atoms with E-state index in [1.165, 1.54) is 40.2 Å². The maximum Gasteiger partial charge on any atom is 0.336 e. The van der Waals surface area contributed by atoms with Crippen molar-refractivity contribution in [3.05, 3.63) is 34.2 Å². The molecular weight excluding hydrogens is 564 g/mol. The zero-order valence-corrected chi connectivity index (χ0v) is 23.6. The van der Waals surface area contributed by atoms with Crippen molar-refractivity contribution in [3.8, 4) is 11.5 Å². The highest BCUT2D eigenvalue weighted by molar-refractivity contribution is 5.88. The second kappa shape index (κ2) is 12.3. The maximum absolute atomic E-state index is 12.0. The maximum atomic E-state index is 12.0. The van der Waals surface area contributed by atoms with Gasteiger partial charge in [-0.2, -0.15) is 0 Å². The van der Waals surface area contributed by atoms with Crippen LogP contribution in [-0.4, -0.2) is 124 Å². The Hall–Kier alpha value is -2.41. The number of hydrogen-bond donors (Lipinski definition) is 7. The van der Waals surface area contributed by atoms with Crippen LogP contribution in [0.15, 0.2) is 27.4 Å². The Morgan fingerprint density at radius 2 is 1.76 bits per heavy atom. The summed E-state index contributed by atoms with van der Waals surface area (Å²) in [6, 6.07) is 4.33. The van der Waals surface area contributed by atoms with E-state index in [1.807, 2.05) is 0 Å². The van der Waals surface area contributed by atoms with Crippen LogP contribution in [-0.2, 0) is 25.4 Å². The van der Waals surface area contributed by atoms with Crippen molar-refractivity contribution >= 4 is 11.0 Å². The normalized spacial score (nSPS) is 30.4. The molecule has 7 N–H and O–H groups in total. The van der Waals surface area contributed by atoms with Crippen LogP contribution < -0.4 is 15.1 Å². The number of aliphatic hydroxyl groups excluding tert-OH is 4. The molecule has 2 saturated heterocycles. The highest BCUT2D eigenvalue weighted by atomic mass is 16.7. The van der Waals surface area contributed by atoms with Gasteiger partial charge in [0.15, 0.2) is 24.5 Å². The van der Waals surface area contributed by atoms with Gasteiger partial charge in [0, 0.05) is 30.5 Å². The molecule has 15 nitrogen and oxygen atoms in total. The average molecular weight is 603 g/mol. The molecule has 2 aromatic rings. The highest BCUT2D eigenvalue weighted by Crippen LogP contribution is 2.38. The molecule has 0 unspecified atom stereocenters. The zero-order chi connectivity index (χ0) is 31.0. The van der Waals surface area contributed by atoms with E-state index in [0.717, 1.165) is 0 Å². The molecule has 4 rings (SSSR count). The summed E-state index contributed by atoms with van der Waals surface area (Å²) in [6.45, 7) is 1.43. The van der Waals surface area contributed by atoms with Crippen LogP contribution in [0, 0.1) is 0 Å². The molecule has 2 fully saturated rings. The largest absolute Gasteiger partial charge is 0.496 e. The van der Waals surface area contributed by atoms with Crippen molar-refractivity contribution in [1.82, 2.24) is 0 Å². The monoisotopic (exact) mass is 602 g/mol. The van der Waals surface area contributed by atoms with Crippen LogP contribution in [0.25, 0.3) is 11.0 Å². The summed E-state index contributed by atoms with van der Waals surface area (Å²) in [4.78, 5) is 12.0. The van der Waals surface area contributed by atoms with Gasteiger partial charge >= 0.3 is 5.63 Å². The molecule has 3 heterocycles. The van der Waals surface area contributed by atoms with Crippen LogP contribution in [0.5, 0.6) is 11.5 Å². The number of hydrogen-bond acceptors (Lipinski definition) is 15. The van der Waals surface area contributed by atoms with Gasteiger partial charge in [0.1, 0.15) is 28.8 Å². The van der Waals surface area contributed by atoms with Crippen LogP contribution in [0.3, 0.4) is 0 Å². The van der Waals surface area contributed by atoms with Crippen molar-refractivity contribution in [2.24, 2.45) is 0 Å². The Morgan fingerprint density at radius 3 is 2.38 bits per heavy atom. The SMILES string of the molecule is COc1cc(OC)c2ccc(=O)oc2c1C[C@@H](O)C(C)(C)O[C@H]1O[C@H](CO[C@H]2OC[C@](O)(CO)[C@H]2O)CC(O)(O)[C@H]1O. The molecule has 2 aliphatic rings. The molecule has 1 aromatic carbocycles. The minimum Gasteiger partial charge on any atom is -0.496 e. The second-order valence-corrected chi connectivity index (χ2v) is 11.1. The van der Waals surface area contributed by atoms with E-state index in [4.69, 9.17) is 32.8 Å². The molecule has 2 aliphatic heterocycles. The average Bonchev–Trinajstić information content (AvgIpc) is 3.23. The number of methoxy groups -OCH3 is 2. The van der Waals surface area contributed by atoms with Crippen molar-refractivity contribution in [3.63, 3.8) is 0 Å². The van der Waals surface area contributed by atoms with Gasteiger partial charge in [0.2, 0.25) is 0 Å². The zero-order valence-electron chi connectivity index (χ0n) is 23.6. The summed E-state index contributed by atoms with van der Waals surface area (Å²) in [5.74, 6) is -2.04. The summed E-state index contributed by atoms with van der Waals surface area (Å²) in [5, 5.41) is 72.9. The van der Waals surface area contributed by atoms with Crippen LogP contribution in [0.2, 0.25) is 0 Å². The van der Waals surface area contributed by atoms with E-state index in [2.05, 4.69) is 0 Å². The molecule has 0 amide bonds. The Kier molecular flexibility index (Phi) is 9.52. The molecule has 1 aromatic heterocycles. The minimum atomic E-state index is -2.68. The molecule has 15 heteroatoms. The molecule has 236 valence electrons. The van der Waals surface area contributed by atoms with Crippen molar-refractivity contribution < 1.29 is 68.6 Å². The molecule has 0 radical (unpaired) electrons. The lowest BCUT2D eigenvalue weighted by Gasteiger charge is -2.45. The molecule has 0 spiro atoms. The first-order valence-corrected chi connectivity index (χ1v) is 13.2. The second-order valence-electron chi connectivity index (χ2n) is 11.1. The molecule has 0 saturated carbocycles. The number of ether oxygens (including phenoxy) is 6. The number of benzene rings is 1. The van der Waals surface area contributed by atoms with Crippen molar-refractivity contribution in [2.75, 3.05) is 34.0 Å². The fraction of sp³-hybridized carbons (Fsp3) is 0.667. The third kappa shape index (κ3) is 6.41. The first kappa shape index (κ1) is 32.5. The summed E-state index contributed by atoms with van der Waals surface area (Å²) < 4.78 is 38.5. The van der Waals surface area contributed by atoms with E-state index >= 15 is 0 Å². The van der Waals surface area contributed by atoms with Gasteiger partial charge in [0.25, 0.3) is 0 Å². The quantitative estimate of drug-likeness (QED) is 0.110. The lowest BCUT2D eigenvalue weighted by molar-refractivity contribution is -0.374. The van der Waals surface area contributed by atoms with Gasteiger partial charge in [-0.25, -0.2) is 4.79 Å². The predicted octanol–water partition coefficient (Wildman–Crippen LogP) is -1.88. The number of aliphatic hydroxyl groups is 7. The topological polar surface area (TPSA) is 227 Å². The fourth-order valence-electron chi connectivity index (χ4n) is 4.91. The Morgan fingerprint density at radius 1 is 1.07 bits per heavy atom. The number of rotatable bonds is 11. The first-order chi connectivity index (χ1) is 19.7. The van der Waals surface area contributed by atoms with E-state index in [0.29, 0.717) is 16.7 Å². The number of fused-ring (bicyclic) bond motifs is 1. The molecule has 0 aliphatic carbocycles. The fourth-order valence-corrected chi connectivity index (χ4v) is 4.91. The van der Waals surface area contributed by atoms with Crippen LogP contribution in [0.1, 0.15) is 25.8 Å². The molecule has 0 bridgehead atoms. The molecule has 42 heavy (non-hydrogen) atoms. The van der Waals surface area contributed by atoms with Gasteiger partial charge in [-0.1, -0.05) is 0 Å². The van der Waals surface area contributed by atoms with Crippen LogP contribution in [0.4, 0.5) is 0 Å². The minimum absolute atomic E-state index is 0.133. The standard InChI is InChI=1S/C27H38O15/c1-25(2,18(29)7-15-17(37-4)8-16(36-3)14-5-6-19(30)41-20(14)15)42-24-22(32)27(34,35)9-13(40-24)10-38-23-21(31)26(33,11-28)12-39-23/h5-6,8,13,18,21-24,28-29,31-35H,7,9-12H2,1-4H3/t13-,18+,21-,22-,23-,24+,26+/m0/s1. The summed E-state index contributed by atoms with van der Waals surface area (Å²) >= 11 is 0. The van der Waals surface area contributed by atoms with Gasteiger partial charge in [-0.15, -0.1) is 0 Å². The third-order valence-corrected chi connectivity index (χ3v) is 7.60. The highest BCUT2D eigenvalue weighted by Gasteiger charge is 2.52. The third-order valence-electron chi connectivity index (χ3n) is 7.60. The van der Waals surface area contributed by atoms with E-state index < -0.39 is 72.6 Å². The Balaban J connectivity index is 1.50. The van der Waals surface area contributed by atoms with Gasteiger partial charge in [-0.3, -0.25) is 0 Å². The molecular formula is C27H38O15. The predicted molar refractivity (Wildman–Crippen MR) is 141 cm³/mol. The lowest BCUT2D eigenvalue weighted by atomic mass is 9.92. The van der Waals surface area contributed by atoms with E-state index in [-0.39, 0.29) is 31.0 Å². The Labute approximate surface area is 240 Å². The van der Waals surface area contributed by atoms with E-state index in [9.17, 15) is 40.5 Å². The Bertz CT molecular complexity index is 1290. The van der Waals surface area contributed by atoms with Gasteiger partial charge < -0.3 is 68.6 Å². The van der Waals surface area contributed by atoms with Crippen LogP contribution >= 0.6 is 0 Å². The summed E-state index contributed by atoms with van der Waals surface area (Å²) in [7, 11) is 2.84. The summed E-state index contributed by atoms with van der Waals surface area (Å²) in [6.07, 6.45) is -9.65. The van der Waals surface area contributed by atoms with E-state index in [1.54, 1.807) is 6.07 Å². The first-order valence-electron chi connectivity index (χ1n) is 13.2. The summed E-state index contributed by atoms with van der Waals surface area (Å²) in [5.41, 5.74) is -3.58. The lowest BCUT2D eigenvalue weighted by Crippen LogP contribution is -2.61. The molecule has 7 atom stereocenters.